The Kier molecular flexibility index (Phi) is 9.84. The highest BCUT2D eigenvalue weighted by Gasteiger charge is 2.68. The van der Waals surface area contributed by atoms with Crippen molar-refractivity contribution in [2.75, 3.05) is 13.2 Å². The molecule has 0 bridgehead atoms. The van der Waals surface area contributed by atoms with Gasteiger partial charge in [-0.15, -0.1) is 6.58 Å². The highest BCUT2D eigenvalue weighted by atomic mass is 16.5. The molecule has 2 nitrogen and oxygen atoms in total. The van der Waals surface area contributed by atoms with E-state index in [1.54, 1.807) is 0 Å². The number of Topliss-reactive ketones (excluding diaryl/α,β-unsaturated/α-hetero) is 1. The lowest BCUT2D eigenvalue weighted by molar-refractivity contribution is -0.125. The Morgan fingerprint density at radius 2 is 1.88 bits per heavy atom. The van der Waals surface area contributed by atoms with Gasteiger partial charge in [0.05, 0.1) is 6.61 Å². The first-order valence-corrected chi connectivity index (χ1v) is 14.3. The fourth-order valence-corrected chi connectivity index (χ4v) is 7.53. The minimum atomic E-state index is 0.166. The average Bonchev–Trinajstić information content (AvgIpc) is 3.16. The first-order chi connectivity index (χ1) is 16.2. The van der Waals surface area contributed by atoms with Crippen molar-refractivity contribution in [3.8, 4) is 0 Å². The van der Waals surface area contributed by atoms with Gasteiger partial charge in [-0.3, -0.25) is 4.79 Å². The van der Waals surface area contributed by atoms with E-state index in [-0.39, 0.29) is 11.8 Å². The second kappa shape index (κ2) is 12.2. The minimum Gasteiger partial charge on any atom is -0.377 e. The van der Waals surface area contributed by atoms with Crippen LogP contribution in [0, 0.1) is 46.8 Å². The predicted octanol–water partition coefficient (Wildman–Crippen LogP) is 8.58. The summed E-state index contributed by atoms with van der Waals surface area (Å²) in [4.78, 5) is 14.0. The minimum absolute atomic E-state index is 0.166. The van der Waals surface area contributed by atoms with E-state index in [1.807, 2.05) is 6.08 Å². The van der Waals surface area contributed by atoms with Crippen LogP contribution in [0.5, 0.6) is 0 Å². The Labute approximate surface area is 210 Å². The molecule has 0 amide bonds. The molecule has 3 fully saturated rings. The van der Waals surface area contributed by atoms with E-state index in [2.05, 4.69) is 47.4 Å². The smallest absolute Gasteiger partial charge is 0.137 e. The fraction of sp³-hybridized carbons (Fsp3) is 0.781. The molecule has 0 saturated heterocycles. The van der Waals surface area contributed by atoms with Gasteiger partial charge in [0, 0.05) is 18.9 Å². The van der Waals surface area contributed by atoms with Crippen LogP contribution >= 0.6 is 0 Å². The maximum absolute atomic E-state index is 14.0. The van der Waals surface area contributed by atoms with Crippen molar-refractivity contribution >= 4 is 5.78 Å². The van der Waals surface area contributed by atoms with E-state index < -0.39 is 0 Å². The van der Waals surface area contributed by atoms with Crippen LogP contribution in [-0.4, -0.2) is 19.0 Å². The van der Waals surface area contributed by atoms with Crippen LogP contribution in [0.15, 0.2) is 37.0 Å². The molecule has 6 unspecified atom stereocenters. The van der Waals surface area contributed by atoms with Gasteiger partial charge in [0.2, 0.25) is 0 Å². The van der Waals surface area contributed by atoms with Crippen LogP contribution in [0.25, 0.3) is 0 Å². The SMILES string of the molecule is C=CCCCOCC(=C)C(CCC)CC(=O)C1C(C(=C)C(C)C2CCCCC2)CC2C1C2(C)C. The number of carbonyl (C=O) groups excluding carboxylic acids is 1. The molecule has 6 atom stereocenters. The van der Waals surface area contributed by atoms with Crippen molar-refractivity contribution in [2.24, 2.45) is 46.8 Å². The molecule has 2 heteroatoms. The molecule has 3 rings (SSSR count). The molecule has 3 aliphatic carbocycles. The molecule has 3 aliphatic rings. The molecule has 192 valence electrons. The maximum atomic E-state index is 14.0. The van der Waals surface area contributed by atoms with E-state index >= 15 is 0 Å². The number of ketones is 1. The zero-order valence-electron chi connectivity index (χ0n) is 22.7. The van der Waals surface area contributed by atoms with Crippen LogP contribution < -0.4 is 0 Å². The Balaban J connectivity index is 1.65. The van der Waals surface area contributed by atoms with Crippen molar-refractivity contribution in [1.82, 2.24) is 0 Å². The van der Waals surface area contributed by atoms with E-state index in [1.165, 1.54) is 44.1 Å². The number of carbonyl (C=O) groups is 1. The van der Waals surface area contributed by atoms with Crippen molar-refractivity contribution in [2.45, 2.75) is 98.3 Å². The number of rotatable bonds is 15. The van der Waals surface area contributed by atoms with Gasteiger partial charge in [-0.05, 0) is 85.0 Å². The van der Waals surface area contributed by atoms with Crippen LogP contribution in [-0.2, 0) is 9.53 Å². The van der Waals surface area contributed by atoms with E-state index in [4.69, 9.17) is 4.74 Å². The lowest BCUT2D eigenvalue weighted by Crippen LogP contribution is -2.32. The van der Waals surface area contributed by atoms with Crippen LogP contribution in [0.3, 0.4) is 0 Å². The number of allylic oxidation sites excluding steroid dienone is 2. The Morgan fingerprint density at radius 3 is 2.53 bits per heavy atom. The molecule has 0 aliphatic heterocycles. The molecule has 0 aromatic carbocycles. The van der Waals surface area contributed by atoms with Crippen molar-refractivity contribution in [1.29, 1.82) is 0 Å². The van der Waals surface area contributed by atoms with Crippen LogP contribution in [0.2, 0.25) is 0 Å². The van der Waals surface area contributed by atoms with Crippen molar-refractivity contribution in [3.05, 3.63) is 37.0 Å². The summed E-state index contributed by atoms with van der Waals surface area (Å²) in [5.41, 5.74) is 2.81. The number of hydrogen-bond acceptors (Lipinski definition) is 2. The predicted molar refractivity (Wildman–Crippen MR) is 145 cm³/mol. The summed E-state index contributed by atoms with van der Waals surface area (Å²) in [6.07, 6.45) is 14.6. The second-order valence-corrected chi connectivity index (χ2v) is 12.4. The van der Waals surface area contributed by atoms with Gasteiger partial charge in [0.15, 0.2) is 0 Å². The van der Waals surface area contributed by atoms with E-state index in [0.717, 1.165) is 43.8 Å². The molecular weight excluding hydrogens is 416 g/mol. The summed E-state index contributed by atoms with van der Waals surface area (Å²) in [5, 5.41) is 0. The van der Waals surface area contributed by atoms with E-state index in [9.17, 15) is 4.79 Å². The Bertz CT molecular complexity index is 725. The second-order valence-electron chi connectivity index (χ2n) is 12.4. The summed E-state index contributed by atoms with van der Waals surface area (Å²) in [6.45, 7) is 23.5. The number of hydrogen-bond donors (Lipinski definition) is 0. The monoisotopic (exact) mass is 468 g/mol. The Morgan fingerprint density at radius 1 is 1.18 bits per heavy atom. The first kappa shape index (κ1) is 27.4. The van der Waals surface area contributed by atoms with Gasteiger partial charge < -0.3 is 4.74 Å². The lowest BCUT2D eigenvalue weighted by atomic mass is 9.69. The molecule has 0 radical (unpaired) electrons. The first-order valence-electron chi connectivity index (χ1n) is 14.3. The summed E-state index contributed by atoms with van der Waals surface area (Å²) < 4.78 is 5.88. The molecule has 0 aromatic rings. The summed E-state index contributed by atoms with van der Waals surface area (Å²) in [6, 6.07) is 0. The maximum Gasteiger partial charge on any atom is 0.137 e. The largest absolute Gasteiger partial charge is 0.377 e. The number of ether oxygens (including phenoxy) is 1. The number of unbranched alkanes of at least 4 members (excludes halogenated alkanes) is 1. The van der Waals surface area contributed by atoms with Crippen molar-refractivity contribution in [3.63, 3.8) is 0 Å². The van der Waals surface area contributed by atoms with Gasteiger partial charge in [-0.2, -0.15) is 0 Å². The molecule has 0 heterocycles. The quantitative estimate of drug-likeness (QED) is 0.178. The average molecular weight is 469 g/mol. The lowest BCUT2D eigenvalue weighted by Gasteiger charge is -2.35. The van der Waals surface area contributed by atoms with Gasteiger partial charge in [-0.1, -0.05) is 78.2 Å². The van der Waals surface area contributed by atoms with Crippen LogP contribution in [0.4, 0.5) is 0 Å². The van der Waals surface area contributed by atoms with Gasteiger partial charge in [-0.25, -0.2) is 0 Å². The molecule has 3 saturated carbocycles. The van der Waals surface area contributed by atoms with Crippen molar-refractivity contribution < 1.29 is 9.53 Å². The summed E-state index contributed by atoms with van der Waals surface area (Å²) >= 11 is 0. The molecular formula is C32H52O2. The normalized spacial score (nSPS) is 29.8. The summed E-state index contributed by atoms with van der Waals surface area (Å²) in [7, 11) is 0. The highest BCUT2D eigenvalue weighted by molar-refractivity contribution is 5.84. The molecule has 34 heavy (non-hydrogen) atoms. The third-order valence-electron chi connectivity index (χ3n) is 9.90. The molecule has 0 N–H and O–H groups in total. The zero-order valence-corrected chi connectivity index (χ0v) is 22.7. The third-order valence-corrected chi connectivity index (χ3v) is 9.90. The number of fused-ring (bicyclic) bond motifs is 1. The van der Waals surface area contributed by atoms with Gasteiger partial charge >= 0.3 is 0 Å². The zero-order chi connectivity index (χ0) is 24.9. The topological polar surface area (TPSA) is 26.3 Å². The fourth-order valence-electron chi connectivity index (χ4n) is 7.53. The summed E-state index contributed by atoms with van der Waals surface area (Å²) in [5.74, 6) is 3.83. The third kappa shape index (κ3) is 6.15. The molecule has 0 aromatic heterocycles. The highest BCUT2D eigenvalue weighted by Crippen LogP contribution is 2.72. The van der Waals surface area contributed by atoms with Gasteiger partial charge in [0.25, 0.3) is 0 Å². The Hall–Kier alpha value is -1.15. The molecule has 0 spiro atoms. The van der Waals surface area contributed by atoms with E-state index in [0.29, 0.717) is 47.9 Å². The standard InChI is InChI=1S/C32H52O2/c1-8-10-14-18-34-21-22(3)26(15-9-2)19-29(33)30-27(20-28-31(30)32(28,6)7)24(5)23(4)25-16-12-11-13-17-25/h8,23,25-28,30-31H,1,3,5,9-21H2,2,4,6-7H3. The van der Waals surface area contributed by atoms with Crippen LogP contribution in [0.1, 0.15) is 98.3 Å². The van der Waals surface area contributed by atoms with Gasteiger partial charge in [0.1, 0.15) is 5.78 Å².